The van der Waals surface area contributed by atoms with Crippen LogP contribution in [0.15, 0.2) is 83.6 Å². The Hall–Kier alpha value is -3.66. The van der Waals surface area contributed by atoms with E-state index >= 15 is 0 Å². The van der Waals surface area contributed by atoms with E-state index in [-0.39, 0.29) is 12.4 Å². The third-order valence-electron chi connectivity index (χ3n) is 5.85. The van der Waals surface area contributed by atoms with Crippen LogP contribution >= 0.6 is 0 Å². The smallest absolute Gasteiger partial charge is 0.336 e. The van der Waals surface area contributed by atoms with Crippen LogP contribution in [-0.2, 0) is 9.53 Å². The highest BCUT2D eigenvalue weighted by Gasteiger charge is 2.42. The van der Waals surface area contributed by atoms with Crippen LogP contribution in [0.3, 0.4) is 0 Å². The molecule has 4 heteroatoms. The van der Waals surface area contributed by atoms with E-state index in [4.69, 9.17) is 4.74 Å². The second-order valence-electron chi connectivity index (χ2n) is 7.59. The van der Waals surface area contributed by atoms with Crippen LogP contribution in [0, 0.1) is 0 Å². The summed E-state index contributed by atoms with van der Waals surface area (Å²) in [6.45, 7) is 3.94. The van der Waals surface area contributed by atoms with E-state index in [1.54, 1.807) is 6.92 Å². The summed E-state index contributed by atoms with van der Waals surface area (Å²) in [5.74, 6) is -0.915. The number of Topliss-reactive ketones (excluding diaryl/α,β-unsaturated/α-hetero) is 1. The van der Waals surface area contributed by atoms with Gasteiger partial charge in [-0.25, -0.2) is 4.79 Å². The summed E-state index contributed by atoms with van der Waals surface area (Å²) < 4.78 is 5.38. The molecule has 1 atom stereocenters. The predicted molar refractivity (Wildman–Crippen MR) is 117 cm³/mol. The minimum absolute atomic E-state index is 0.0412. The van der Waals surface area contributed by atoms with Gasteiger partial charge in [0.2, 0.25) is 0 Å². The van der Waals surface area contributed by atoms with E-state index in [1.807, 2.05) is 61.5 Å². The standard InChI is InChI=1S/C26H21NO3/c1-3-30-26(29)21-15(2)27-24-19-10-6-7-11-20(19)25(28)23(24)22(21)18-13-12-16-8-4-5-9-17(16)14-18/h4-14,22,27H,3H2,1-2H3/t22-/m0/s1. The van der Waals surface area contributed by atoms with Crippen LogP contribution in [0.2, 0.25) is 0 Å². The van der Waals surface area contributed by atoms with Crippen molar-refractivity contribution in [2.75, 3.05) is 6.61 Å². The van der Waals surface area contributed by atoms with E-state index in [1.165, 1.54) is 0 Å². The summed E-state index contributed by atoms with van der Waals surface area (Å²) in [7, 11) is 0. The molecule has 3 aromatic carbocycles. The molecule has 0 amide bonds. The van der Waals surface area contributed by atoms with Gasteiger partial charge in [0.05, 0.1) is 17.9 Å². The van der Waals surface area contributed by atoms with Gasteiger partial charge in [-0.2, -0.15) is 0 Å². The van der Waals surface area contributed by atoms with E-state index in [2.05, 4.69) is 17.4 Å². The second kappa shape index (κ2) is 6.99. The van der Waals surface area contributed by atoms with Crippen molar-refractivity contribution in [3.8, 4) is 0 Å². The van der Waals surface area contributed by atoms with Crippen molar-refractivity contribution in [1.29, 1.82) is 0 Å². The van der Waals surface area contributed by atoms with Gasteiger partial charge in [0.25, 0.3) is 0 Å². The number of hydrogen-bond donors (Lipinski definition) is 1. The Morgan fingerprint density at radius 1 is 0.967 bits per heavy atom. The number of dihydropyridines is 1. The maximum atomic E-state index is 13.4. The molecule has 5 rings (SSSR count). The quantitative estimate of drug-likeness (QED) is 0.636. The number of ether oxygens (including phenoxy) is 1. The number of rotatable bonds is 3. The summed E-state index contributed by atoms with van der Waals surface area (Å²) in [4.78, 5) is 26.4. The molecule has 1 aliphatic carbocycles. The number of carbonyl (C=O) groups is 2. The number of benzene rings is 3. The van der Waals surface area contributed by atoms with Crippen molar-refractivity contribution in [3.63, 3.8) is 0 Å². The van der Waals surface area contributed by atoms with Crippen molar-refractivity contribution in [2.24, 2.45) is 0 Å². The predicted octanol–water partition coefficient (Wildman–Crippen LogP) is 4.97. The van der Waals surface area contributed by atoms with Crippen LogP contribution in [0.4, 0.5) is 0 Å². The van der Waals surface area contributed by atoms with Gasteiger partial charge in [-0.1, -0.05) is 66.7 Å². The number of ketones is 1. The van der Waals surface area contributed by atoms with Gasteiger partial charge in [0.1, 0.15) is 0 Å². The molecule has 1 aliphatic heterocycles. The molecule has 1 heterocycles. The molecule has 0 bridgehead atoms. The minimum atomic E-state index is -0.482. The Labute approximate surface area is 174 Å². The summed E-state index contributed by atoms with van der Waals surface area (Å²) in [5, 5.41) is 5.51. The molecule has 0 unspecified atom stereocenters. The van der Waals surface area contributed by atoms with Crippen molar-refractivity contribution in [1.82, 2.24) is 5.32 Å². The van der Waals surface area contributed by atoms with Gasteiger partial charge in [0.15, 0.2) is 5.78 Å². The molecule has 2 aliphatic rings. The fraction of sp³-hybridized carbons (Fsp3) is 0.154. The van der Waals surface area contributed by atoms with Crippen LogP contribution in [0.1, 0.15) is 41.3 Å². The lowest BCUT2D eigenvalue weighted by Crippen LogP contribution is -2.29. The molecule has 0 fully saturated rings. The Morgan fingerprint density at radius 3 is 2.43 bits per heavy atom. The van der Waals surface area contributed by atoms with Gasteiger partial charge in [-0.05, 0) is 30.2 Å². The first-order valence-corrected chi connectivity index (χ1v) is 10.1. The number of esters is 1. The highest BCUT2D eigenvalue weighted by Crippen LogP contribution is 2.47. The van der Waals surface area contributed by atoms with Gasteiger partial charge in [0, 0.05) is 28.3 Å². The molecule has 0 aromatic heterocycles. The monoisotopic (exact) mass is 395 g/mol. The molecule has 30 heavy (non-hydrogen) atoms. The van der Waals surface area contributed by atoms with Crippen molar-refractivity contribution < 1.29 is 14.3 Å². The highest BCUT2D eigenvalue weighted by atomic mass is 16.5. The Morgan fingerprint density at radius 2 is 1.67 bits per heavy atom. The van der Waals surface area contributed by atoms with Crippen molar-refractivity contribution in [3.05, 3.63) is 100 Å². The largest absolute Gasteiger partial charge is 0.463 e. The van der Waals surface area contributed by atoms with E-state index < -0.39 is 11.9 Å². The number of nitrogens with one attached hydrogen (secondary N) is 1. The summed E-state index contributed by atoms with van der Waals surface area (Å²) in [6.07, 6.45) is 0. The van der Waals surface area contributed by atoms with Gasteiger partial charge < -0.3 is 10.1 Å². The molecular formula is C26H21NO3. The van der Waals surface area contributed by atoms with Crippen molar-refractivity contribution >= 4 is 28.2 Å². The lowest BCUT2D eigenvalue weighted by molar-refractivity contribution is -0.138. The molecule has 1 N–H and O–H groups in total. The fourth-order valence-electron chi connectivity index (χ4n) is 4.53. The molecule has 148 valence electrons. The Bertz CT molecular complexity index is 1280. The normalized spacial score (nSPS) is 17.7. The maximum absolute atomic E-state index is 13.4. The first-order chi connectivity index (χ1) is 14.6. The van der Waals surface area contributed by atoms with Crippen LogP contribution in [0.5, 0.6) is 0 Å². The third kappa shape index (κ3) is 2.68. The summed E-state index contributed by atoms with van der Waals surface area (Å²) in [6, 6.07) is 21.8. The van der Waals surface area contributed by atoms with Gasteiger partial charge in [-0.15, -0.1) is 0 Å². The van der Waals surface area contributed by atoms with Crippen LogP contribution < -0.4 is 5.32 Å². The van der Waals surface area contributed by atoms with Gasteiger partial charge in [-0.3, -0.25) is 4.79 Å². The third-order valence-corrected chi connectivity index (χ3v) is 5.85. The average molecular weight is 395 g/mol. The first kappa shape index (κ1) is 18.4. The Balaban J connectivity index is 1.74. The minimum Gasteiger partial charge on any atom is -0.463 e. The SMILES string of the molecule is CCOC(=O)C1=C(C)NC2=C(C(=O)c3ccccc32)[C@H]1c1ccc2ccccc2c1. The molecule has 0 spiro atoms. The number of fused-ring (bicyclic) bond motifs is 3. The zero-order valence-corrected chi connectivity index (χ0v) is 16.9. The molecule has 0 saturated heterocycles. The van der Waals surface area contributed by atoms with Crippen molar-refractivity contribution in [2.45, 2.75) is 19.8 Å². The topological polar surface area (TPSA) is 55.4 Å². The zero-order chi connectivity index (χ0) is 20.8. The number of carbonyl (C=O) groups excluding carboxylic acids is 2. The fourth-order valence-corrected chi connectivity index (χ4v) is 4.53. The first-order valence-electron chi connectivity index (χ1n) is 10.1. The molecule has 0 saturated carbocycles. The molecule has 3 aromatic rings. The van der Waals surface area contributed by atoms with E-state index in [9.17, 15) is 9.59 Å². The lowest BCUT2D eigenvalue weighted by atomic mass is 9.79. The molecular weight excluding hydrogens is 374 g/mol. The molecule has 0 radical (unpaired) electrons. The van der Waals surface area contributed by atoms with Gasteiger partial charge >= 0.3 is 5.97 Å². The second-order valence-corrected chi connectivity index (χ2v) is 7.59. The number of hydrogen-bond acceptors (Lipinski definition) is 4. The van der Waals surface area contributed by atoms with Crippen LogP contribution in [0.25, 0.3) is 16.5 Å². The summed E-state index contributed by atoms with van der Waals surface area (Å²) in [5.41, 5.74) is 5.07. The number of allylic oxidation sites excluding steroid dienone is 2. The summed E-state index contributed by atoms with van der Waals surface area (Å²) >= 11 is 0. The highest BCUT2D eigenvalue weighted by molar-refractivity contribution is 6.23. The van der Waals surface area contributed by atoms with E-state index in [0.717, 1.165) is 33.3 Å². The van der Waals surface area contributed by atoms with E-state index in [0.29, 0.717) is 16.7 Å². The zero-order valence-electron chi connectivity index (χ0n) is 16.9. The van der Waals surface area contributed by atoms with Crippen LogP contribution in [-0.4, -0.2) is 18.4 Å². The lowest BCUT2D eigenvalue weighted by Gasteiger charge is -2.29. The average Bonchev–Trinajstić information content (AvgIpc) is 3.04. The molecule has 4 nitrogen and oxygen atoms in total. The Kier molecular flexibility index (Phi) is 4.28. The maximum Gasteiger partial charge on any atom is 0.336 e.